The number of carbonyl (C=O) groups excluding carboxylic acids is 1. The number of ketones is 1. The topological polar surface area (TPSA) is 17.1 Å². The fourth-order valence-electron chi connectivity index (χ4n) is 4.58. The maximum absolute atomic E-state index is 12.4. The number of fused-ring (bicyclic) bond motifs is 1. The van der Waals surface area contributed by atoms with E-state index >= 15 is 0 Å². The molecule has 0 aliphatic heterocycles. The molecule has 0 N–H and O–H groups in total. The molecule has 0 amide bonds. The Kier molecular flexibility index (Phi) is 4.86. The van der Waals surface area contributed by atoms with E-state index in [1.165, 1.54) is 32.1 Å². The third-order valence-corrected chi connectivity index (χ3v) is 5.64. The second-order valence-electron chi connectivity index (χ2n) is 7.07. The molecule has 0 saturated heterocycles. The summed E-state index contributed by atoms with van der Waals surface area (Å²) >= 11 is 0. The van der Waals surface area contributed by atoms with Crippen LogP contribution in [0.2, 0.25) is 0 Å². The summed E-state index contributed by atoms with van der Waals surface area (Å²) in [6.45, 7) is 11.0. The number of carbonyl (C=O) groups is 1. The highest BCUT2D eigenvalue weighted by Crippen LogP contribution is 2.49. The SMILES string of the molecule is C=C1CCC2C(CCC(C(C)C)C2CCCC)C1=O. The standard InChI is InChI=1S/C18H30O/c1-5-6-7-15-14(12(2)3)10-11-17-16(15)9-8-13(4)18(17)19/h12,14-17H,4-11H2,1-3H3. The molecule has 1 heteroatoms. The smallest absolute Gasteiger partial charge is 0.161 e. The molecule has 4 atom stereocenters. The van der Waals surface area contributed by atoms with Gasteiger partial charge >= 0.3 is 0 Å². The molecule has 1 nitrogen and oxygen atoms in total. The van der Waals surface area contributed by atoms with E-state index < -0.39 is 0 Å². The number of rotatable bonds is 4. The van der Waals surface area contributed by atoms with Gasteiger partial charge in [-0.3, -0.25) is 4.79 Å². The summed E-state index contributed by atoms with van der Waals surface area (Å²) in [4.78, 5) is 12.4. The van der Waals surface area contributed by atoms with Crippen LogP contribution in [0, 0.1) is 29.6 Å². The van der Waals surface area contributed by atoms with Crippen LogP contribution in [0.25, 0.3) is 0 Å². The Balaban J connectivity index is 2.16. The maximum atomic E-state index is 12.4. The number of hydrogen-bond donors (Lipinski definition) is 0. The number of allylic oxidation sites excluding steroid dienone is 1. The van der Waals surface area contributed by atoms with E-state index in [4.69, 9.17) is 0 Å². The first-order valence-corrected chi connectivity index (χ1v) is 8.28. The molecule has 108 valence electrons. The van der Waals surface area contributed by atoms with Gasteiger partial charge < -0.3 is 0 Å². The highest BCUT2D eigenvalue weighted by molar-refractivity contribution is 5.97. The maximum Gasteiger partial charge on any atom is 0.161 e. The molecule has 0 heterocycles. The number of Topliss-reactive ketones (excluding diaryl/α,β-unsaturated/α-hetero) is 1. The Morgan fingerprint density at radius 1 is 1.26 bits per heavy atom. The van der Waals surface area contributed by atoms with Gasteiger partial charge in [0.1, 0.15) is 0 Å². The zero-order valence-electron chi connectivity index (χ0n) is 13.0. The van der Waals surface area contributed by atoms with Gasteiger partial charge in [0.2, 0.25) is 0 Å². The van der Waals surface area contributed by atoms with Gasteiger partial charge in [-0.2, -0.15) is 0 Å². The molecule has 0 aromatic heterocycles. The van der Waals surface area contributed by atoms with Gasteiger partial charge in [-0.05, 0) is 61.3 Å². The predicted molar refractivity (Wildman–Crippen MR) is 80.9 cm³/mol. The Morgan fingerprint density at radius 2 is 2.00 bits per heavy atom. The number of unbranched alkanes of at least 4 members (excludes halogenated alkanes) is 1. The largest absolute Gasteiger partial charge is 0.294 e. The van der Waals surface area contributed by atoms with Crippen molar-refractivity contribution >= 4 is 5.78 Å². The quantitative estimate of drug-likeness (QED) is 0.651. The Labute approximate surface area is 118 Å². The van der Waals surface area contributed by atoms with E-state index in [0.29, 0.717) is 17.6 Å². The molecule has 0 aromatic carbocycles. The molecule has 2 fully saturated rings. The van der Waals surface area contributed by atoms with Crippen molar-refractivity contribution < 1.29 is 4.79 Å². The monoisotopic (exact) mass is 262 g/mol. The average molecular weight is 262 g/mol. The van der Waals surface area contributed by atoms with Crippen molar-refractivity contribution in [3.63, 3.8) is 0 Å². The lowest BCUT2D eigenvalue weighted by Crippen LogP contribution is -2.43. The Bertz CT molecular complexity index is 342. The predicted octanol–water partition coefficient (Wildman–Crippen LogP) is 5.01. The molecule has 0 aromatic rings. The molecule has 4 unspecified atom stereocenters. The molecule has 0 radical (unpaired) electrons. The molecular formula is C18H30O. The van der Waals surface area contributed by atoms with Crippen LogP contribution >= 0.6 is 0 Å². The first-order chi connectivity index (χ1) is 9.06. The summed E-state index contributed by atoms with van der Waals surface area (Å²) in [6, 6.07) is 0. The highest BCUT2D eigenvalue weighted by Gasteiger charge is 2.44. The normalized spacial score (nSPS) is 35.6. The van der Waals surface area contributed by atoms with Crippen LogP contribution in [-0.2, 0) is 4.79 Å². The first kappa shape index (κ1) is 14.8. The van der Waals surface area contributed by atoms with Gasteiger partial charge in [0.15, 0.2) is 5.78 Å². The molecule has 2 aliphatic carbocycles. The molecule has 2 saturated carbocycles. The van der Waals surface area contributed by atoms with Gasteiger partial charge in [0.05, 0.1) is 0 Å². The van der Waals surface area contributed by atoms with E-state index in [-0.39, 0.29) is 0 Å². The van der Waals surface area contributed by atoms with Gasteiger partial charge in [-0.1, -0.05) is 40.2 Å². The second-order valence-corrected chi connectivity index (χ2v) is 7.07. The van der Waals surface area contributed by atoms with E-state index in [2.05, 4.69) is 27.4 Å². The van der Waals surface area contributed by atoms with Crippen LogP contribution in [0.3, 0.4) is 0 Å². The fourth-order valence-corrected chi connectivity index (χ4v) is 4.58. The van der Waals surface area contributed by atoms with E-state index in [0.717, 1.165) is 36.2 Å². The van der Waals surface area contributed by atoms with Crippen molar-refractivity contribution in [1.82, 2.24) is 0 Å². The van der Waals surface area contributed by atoms with Crippen molar-refractivity contribution in [3.05, 3.63) is 12.2 Å². The summed E-state index contributed by atoms with van der Waals surface area (Å²) < 4.78 is 0. The summed E-state index contributed by atoms with van der Waals surface area (Å²) in [6.07, 6.45) is 8.48. The van der Waals surface area contributed by atoms with E-state index in [1.807, 2.05) is 0 Å². The fraction of sp³-hybridized carbons (Fsp3) is 0.833. The lowest BCUT2D eigenvalue weighted by molar-refractivity contribution is -0.126. The van der Waals surface area contributed by atoms with Crippen molar-refractivity contribution in [2.24, 2.45) is 29.6 Å². The molecule has 2 aliphatic rings. The minimum Gasteiger partial charge on any atom is -0.294 e. The number of hydrogen-bond acceptors (Lipinski definition) is 1. The Morgan fingerprint density at radius 3 is 2.63 bits per heavy atom. The van der Waals surface area contributed by atoms with Crippen LogP contribution in [0.4, 0.5) is 0 Å². The highest BCUT2D eigenvalue weighted by atomic mass is 16.1. The summed E-state index contributed by atoms with van der Waals surface area (Å²) in [7, 11) is 0. The van der Waals surface area contributed by atoms with Gasteiger partial charge in [-0.25, -0.2) is 0 Å². The third-order valence-electron chi connectivity index (χ3n) is 5.64. The van der Waals surface area contributed by atoms with Crippen LogP contribution < -0.4 is 0 Å². The first-order valence-electron chi connectivity index (χ1n) is 8.28. The average Bonchev–Trinajstić information content (AvgIpc) is 2.39. The van der Waals surface area contributed by atoms with Gasteiger partial charge in [0, 0.05) is 5.92 Å². The van der Waals surface area contributed by atoms with Crippen LogP contribution in [-0.4, -0.2) is 5.78 Å². The molecular weight excluding hydrogens is 232 g/mol. The van der Waals surface area contributed by atoms with E-state index in [9.17, 15) is 4.79 Å². The van der Waals surface area contributed by atoms with Crippen molar-refractivity contribution in [3.8, 4) is 0 Å². The summed E-state index contributed by atoms with van der Waals surface area (Å²) in [5, 5.41) is 0. The zero-order chi connectivity index (χ0) is 14.0. The van der Waals surface area contributed by atoms with Gasteiger partial charge in [0.25, 0.3) is 0 Å². The van der Waals surface area contributed by atoms with E-state index in [1.54, 1.807) is 0 Å². The lowest BCUT2D eigenvalue weighted by Gasteiger charge is -2.47. The Hall–Kier alpha value is -0.590. The molecule has 2 rings (SSSR count). The van der Waals surface area contributed by atoms with Crippen molar-refractivity contribution in [1.29, 1.82) is 0 Å². The molecule has 0 spiro atoms. The third kappa shape index (κ3) is 2.95. The summed E-state index contributed by atoms with van der Waals surface area (Å²) in [5.41, 5.74) is 0.901. The van der Waals surface area contributed by atoms with Crippen LogP contribution in [0.15, 0.2) is 12.2 Å². The molecule has 0 bridgehead atoms. The minimum absolute atomic E-state index is 0.318. The second kappa shape index (κ2) is 6.24. The van der Waals surface area contributed by atoms with Crippen molar-refractivity contribution in [2.75, 3.05) is 0 Å². The van der Waals surface area contributed by atoms with Crippen molar-refractivity contribution in [2.45, 2.75) is 65.7 Å². The summed E-state index contributed by atoms with van der Waals surface area (Å²) in [5.74, 6) is 3.77. The minimum atomic E-state index is 0.318. The van der Waals surface area contributed by atoms with Gasteiger partial charge in [-0.15, -0.1) is 0 Å². The molecule has 19 heavy (non-hydrogen) atoms. The van der Waals surface area contributed by atoms with Crippen LogP contribution in [0.1, 0.15) is 65.7 Å². The lowest BCUT2D eigenvalue weighted by atomic mass is 9.57. The zero-order valence-corrected chi connectivity index (χ0v) is 13.0. The van der Waals surface area contributed by atoms with Crippen LogP contribution in [0.5, 0.6) is 0 Å².